The minimum absolute atomic E-state index is 0.0744. The van der Waals surface area contributed by atoms with E-state index in [4.69, 9.17) is 21.5 Å². The molecule has 0 aromatic rings. The first-order valence-corrected chi connectivity index (χ1v) is 6.61. The van der Waals surface area contributed by atoms with Crippen LogP contribution in [0.25, 0.3) is 0 Å². The number of carboxylic acids is 1. The van der Waals surface area contributed by atoms with E-state index in [1.165, 1.54) is 11.8 Å². The quantitative estimate of drug-likeness (QED) is 0.349. The standard InChI is InChI=1S/C11H22BN3O5/c1-7(13)9(16)15-5-8(3-2-4-12(19)20)11(14,6-15)10(17)18/h7-8,19-20H,2-6,13-14H2,1H3,(H,17,18). The number of carbonyl (C=O) groups excluding carboxylic acids is 1. The van der Waals surface area contributed by atoms with E-state index in [1.54, 1.807) is 0 Å². The van der Waals surface area contributed by atoms with Gasteiger partial charge >= 0.3 is 13.1 Å². The lowest BCUT2D eigenvalue weighted by Crippen LogP contribution is -2.55. The first-order valence-electron chi connectivity index (χ1n) is 6.61. The molecule has 0 spiro atoms. The summed E-state index contributed by atoms with van der Waals surface area (Å²) in [5.41, 5.74) is 9.94. The van der Waals surface area contributed by atoms with Gasteiger partial charge in [0.15, 0.2) is 0 Å². The van der Waals surface area contributed by atoms with E-state index in [0.29, 0.717) is 12.8 Å². The fraction of sp³-hybridized carbons (Fsp3) is 0.818. The predicted molar refractivity (Wildman–Crippen MR) is 72.5 cm³/mol. The average molecular weight is 287 g/mol. The molecule has 114 valence electrons. The Hall–Kier alpha value is -1.16. The number of hydrogen-bond acceptors (Lipinski definition) is 6. The Kier molecular flexibility index (Phi) is 5.52. The van der Waals surface area contributed by atoms with E-state index < -0.39 is 30.6 Å². The van der Waals surface area contributed by atoms with Crippen LogP contribution in [0, 0.1) is 5.92 Å². The molecule has 1 rings (SSSR count). The number of rotatable bonds is 6. The van der Waals surface area contributed by atoms with Crippen molar-refractivity contribution >= 4 is 19.0 Å². The summed E-state index contributed by atoms with van der Waals surface area (Å²) >= 11 is 0. The van der Waals surface area contributed by atoms with Gasteiger partial charge < -0.3 is 31.5 Å². The lowest BCUT2D eigenvalue weighted by atomic mass is 9.78. The molecule has 0 aromatic heterocycles. The van der Waals surface area contributed by atoms with Crippen molar-refractivity contribution in [2.24, 2.45) is 17.4 Å². The van der Waals surface area contributed by atoms with Gasteiger partial charge in [-0.15, -0.1) is 0 Å². The van der Waals surface area contributed by atoms with E-state index in [2.05, 4.69) is 0 Å². The number of carbonyl (C=O) groups is 2. The van der Waals surface area contributed by atoms with Crippen molar-refractivity contribution in [3.05, 3.63) is 0 Å². The van der Waals surface area contributed by atoms with Crippen molar-refractivity contribution in [3.8, 4) is 0 Å². The molecule has 8 nitrogen and oxygen atoms in total. The molecule has 9 heteroatoms. The zero-order valence-electron chi connectivity index (χ0n) is 11.5. The Labute approximate surface area is 117 Å². The average Bonchev–Trinajstić information content (AvgIpc) is 2.67. The molecule has 20 heavy (non-hydrogen) atoms. The Bertz CT molecular complexity index is 379. The predicted octanol–water partition coefficient (Wildman–Crippen LogP) is -2.17. The highest BCUT2D eigenvalue weighted by atomic mass is 16.4. The van der Waals surface area contributed by atoms with Crippen molar-refractivity contribution in [1.29, 1.82) is 0 Å². The molecule has 0 saturated carbocycles. The van der Waals surface area contributed by atoms with Crippen LogP contribution < -0.4 is 11.5 Å². The topological polar surface area (TPSA) is 150 Å². The first-order chi connectivity index (χ1) is 9.18. The molecule has 1 aliphatic heterocycles. The van der Waals surface area contributed by atoms with Gasteiger partial charge in [0, 0.05) is 19.0 Å². The zero-order valence-corrected chi connectivity index (χ0v) is 11.5. The van der Waals surface area contributed by atoms with Gasteiger partial charge in [0.1, 0.15) is 5.54 Å². The minimum atomic E-state index is -1.51. The summed E-state index contributed by atoms with van der Waals surface area (Å²) in [6.45, 7) is 1.69. The lowest BCUT2D eigenvalue weighted by molar-refractivity contribution is -0.144. The number of likely N-dealkylation sites (tertiary alicyclic amines) is 1. The maximum atomic E-state index is 11.9. The fourth-order valence-electron chi connectivity index (χ4n) is 2.53. The van der Waals surface area contributed by atoms with Gasteiger partial charge in [-0.2, -0.15) is 0 Å². The number of nitrogens with two attached hydrogens (primary N) is 2. The van der Waals surface area contributed by atoms with Gasteiger partial charge in [-0.25, -0.2) is 0 Å². The normalized spacial score (nSPS) is 27.4. The molecular formula is C11H22BN3O5. The molecule has 0 aliphatic carbocycles. The maximum absolute atomic E-state index is 11.9. The lowest BCUT2D eigenvalue weighted by Gasteiger charge is -2.25. The van der Waals surface area contributed by atoms with Crippen LogP contribution in [0.1, 0.15) is 19.8 Å². The molecule has 3 atom stereocenters. The molecule has 1 fully saturated rings. The third-order valence-corrected chi connectivity index (χ3v) is 3.74. The van der Waals surface area contributed by atoms with Crippen LogP contribution in [0.3, 0.4) is 0 Å². The zero-order chi connectivity index (χ0) is 15.5. The van der Waals surface area contributed by atoms with Gasteiger partial charge in [-0.05, 0) is 19.7 Å². The molecule has 1 aliphatic rings. The van der Waals surface area contributed by atoms with Gasteiger partial charge in [-0.3, -0.25) is 9.59 Å². The van der Waals surface area contributed by atoms with Crippen LogP contribution in [-0.4, -0.2) is 63.7 Å². The minimum Gasteiger partial charge on any atom is -0.480 e. The second kappa shape index (κ2) is 6.53. The molecular weight excluding hydrogens is 265 g/mol. The van der Waals surface area contributed by atoms with Crippen molar-refractivity contribution in [2.75, 3.05) is 13.1 Å². The summed E-state index contributed by atoms with van der Waals surface area (Å²) < 4.78 is 0. The first kappa shape index (κ1) is 16.9. The molecule has 1 amide bonds. The molecule has 7 N–H and O–H groups in total. The van der Waals surface area contributed by atoms with Crippen molar-refractivity contribution in [2.45, 2.75) is 37.7 Å². The second-order valence-electron chi connectivity index (χ2n) is 5.46. The summed E-state index contributed by atoms with van der Waals surface area (Å²) in [6, 6.07) is -0.703. The second-order valence-corrected chi connectivity index (χ2v) is 5.46. The number of aliphatic carboxylic acids is 1. The van der Waals surface area contributed by atoms with Crippen molar-refractivity contribution in [1.82, 2.24) is 4.90 Å². The van der Waals surface area contributed by atoms with E-state index in [-0.39, 0.29) is 25.3 Å². The Morgan fingerprint density at radius 2 is 2.10 bits per heavy atom. The van der Waals surface area contributed by atoms with Crippen molar-refractivity contribution in [3.63, 3.8) is 0 Å². The van der Waals surface area contributed by atoms with Gasteiger partial charge in [0.2, 0.25) is 5.91 Å². The van der Waals surface area contributed by atoms with Crippen LogP contribution in [0.2, 0.25) is 6.32 Å². The van der Waals surface area contributed by atoms with Crippen molar-refractivity contribution < 1.29 is 24.7 Å². The highest BCUT2D eigenvalue weighted by Crippen LogP contribution is 2.30. The summed E-state index contributed by atoms with van der Waals surface area (Å²) in [7, 11) is -1.42. The van der Waals surface area contributed by atoms with Crippen LogP contribution in [0.4, 0.5) is 0 Å². The molecule has 1 heterocycles. The largest absolute Gasteiger partial charge is 0.480 e. The van der Waals surface area contributed by atoms with Crippen LogP contribution in [0.15, 0.2) is 0 Å². The monoisotopic (exact) mass is 287 g/mol. The molecule has 0 radical (unpaired) electrons. The van der Waals surface area contributed by atoms with Gasteiger partial charge in [0.05, 0.1) is 6.04 Å². The van der Waals surface area contributed by atoms with Crippen LogP contribution in [-0.2, 0) is 9.59 Å². The molecule has 0 bridgehead atoms. The SMILES string of the molecule is CC(N)C(=O)N1CC(CCCB(O)O)C(N)(C(=O)O)C1. The highest BCUT2D eigenvalue weighted by Gasteiger charge is 2.50. The number of carboxylic acid groups (broad SMARTS) is 1. The number of nitrogens with zero attached hydrogens (tertiary/aromatic N) is 1. The molecule has 1 saturated heterocycles. The fourth-order valence-corrected chi connectivity index (χ4v) is 2.53. The Morgan fingerprint density at radius 1 is 1.50 bits per heavy atom. The summed E-state index contributed by atoms with van der Waals surface area (Å²) in [6.07, 6.45) is 0.978. The Balaban J connectivity index is 2.74. The summed E-state index contributed by atoms with van der Waals surface area (Å²) in [4.78, 5) is 24.6. The smallest absolute Gasteiger partial charge is 0.451 e. The van der Waals surface area contributed by atoms with Crippen LogP contribution >= 0.6 is 0 Å². The van der Waals surface area contributed by atoms with E-state index in [1.807, 2.05) is 0 Å². The molecule has 3 unspecified atom stereocenters. The van der Waals surface area contributed by atoms with E-state index >= 15 is 0 Å². The van der Waals surface area contributed by atoms with E-state index in [0.717, 1.165) is 0 Å². The summed E-state index contributed by atoms with van der Waals surface area (Å²) in [5, 5.41) is 26.9. The number of hydrogen-bond donors (Lipinski definition) is 5. The van der Waals surface area contributed by atoms with E-state index in [9.17, 15) is 14.7 Å². The number of amides is 1. The third-order valence-electron chi connectivity index (χ3n) is 3.74. The maximum Gasteiger partial charge on any atom is 0.451 e. The Morgan fingerprint density at radius 3 is 2.55 bits per heavy atom. The van der Waals surface area contributed by atoms with Crippen LogP contribution in [0.5, 0.6) is 0 Å². The molecule has 0 aromatic carbocycles. The third kappa shape index (κ3) is 3.69. The van der Waals surface area contributed by atoms with Gasteiger partial charge in [-0.1, -0.05) is 6.42 Å². The van der Waals surface area contributed by atoms with Gasteiger partial charge in [0.25, 0.3) is 0 Å². The summed E-state index contributed by atoms with van der Waals surface area (Å²) in [5.74, 6) is -1.92. The highest BCUT2D eigenvalue weighted by molar-refractivity contribution is 6.40.